The van der Waals surface area contributed by atoms with Crippen LogP contribution in [0.2, 0.25) is 0 Å². The molecule has 0 spiro atoms. The lowest BCUT2D eigenvalue weighted by molar-refractivity contribution is -0.134. The number of piperazine rings is 1. The molecule has 0 unspecified atom stereocenters. The minimum absolute atomic E-state index is 0.0440. The first-order chi connectivity index (χ1) is 21.2. The zero-order valence-electron chi connectivity index (χ0n) is 24.8. The summed E-state index contributed by atoms with van der Waals surface area (Å²) >= 11 is 0. The van der Waals surface area contributed by atoms with E-state index >= 15 is 0 Å². The molecule has 0 bridgehead atoms. The first kappa shape index (κ1) is 32.6. The molecular weight excluding hydrogens is 564 g/mol. The average molecular weight is 605 g/mol. The molecule has 1 saturated heterocycles. The Labute approximate surface area is 256 Å². The van der Waals surface area contributed by atoms with Gasteiger partial charge < -0.3 is 34.8 Å². The first-order valence-electron chi connectivity index (χ1n) is 14.8. The van der Waals surface area contributed by atoms with Crippen LogP contribution in [0.15, 0.2) is 79.1 Å². The van der Waals surface area contributed by atoms with Gasteiger partial charge >= 0.3 is 11.9 Å². The molecule has 4 N–H and O–H groups in total. The molecule has 2 heterocycles. The Kier molecular flexibility index (Phi) is 11.4. The number of methoxy groups -OCH3 is 1. The summed E-state index contributed by atoms with van der Waals surface area (Å²) in [6.07, 6.45) is 7.11. The molecule has 3 atom stereocenters. The van der Waals surface area contributed by atoms with E-state index in [1.54, 1.807) is 13.4 Å². The molecule has 0 radical (unpaired) electrons. The van der Waals surface area contributed by atoms with Crippen LogP contribution in [-0.4, -0.2) is 92.6 Å². The fraction of sp³-hybridized carbons (Fsp3) is 0.394. The van der Waals surface area contributed by atoms with E-state index in [0.717, 1.165) is 50.0 Å². The third-order valence-electron chi connectivity index (χ3n) is 8.02. The van der Waals surface area contributed by atoms with Gasteiger partial charge in [0.2, 0.25) is 0 Å². The maximum atomic E-state index is 14.1. The summed E-state index contributed by atoms with van der Waals surface area (Å²) in [5.74, 6) is -2.57. The highest BCUT2D eigenvalue weighted by atomic mass is 16.5. The number of carbonyl (C=O) groups is 3. The van der Waals surface area contributed by atoms with Crippen molar-refractivity contribution in [3.05, 3.63) is 90.4 Å². The van der Waals surface area contributed by atoms with Crippen LogP contribution in [0.25, 0.3) is 11.3 Å². The van der Waals surface area contributed by atoms with Crippen LogP contribution in [-0.2, 0) is 20.7 Å². The summed E-state index contributed by atoms with van der Waals surface area (Å²) in [7, 11) is 1.63. The van der Waals surface area contributed by atoms with E-state index in [4.69, 9.17) is 19.9 Å². The number of ether oxygens (including phenoxy) is 1. The molecular formula is C33H40N4O7. The predicted octanol–water partition coefficient (Wildman–Crippen LogP) is 3.41. The van der Waals surface area contributed by atoms with E-state index in [9.17, 15) is 19.5 Å². The molecule has 1 aliphatic heterocycles. The minimum Gasteiger partial charge on any atom is -0.478 e. The fourth-order valence-electron chi connectivity index (χ4n) is 6.03. The Bertz CT molecular complexity index is 1410. The lowest BCUT2D eigenvalue weighted by atomic mass is 9.80. The highest BCUT2D eigenvalue weighted by Crippen LogP contribution is 2.41. The van der Waals surface area contributed by atoms with E-state index in [-0.39, 0.29) is 24.6 Å². The summed E-state index contributed by atoms with van der Waals surface area (Å²) < 4.78 is 7.47. The Hall–Kier alpha value is -4.32. The molecule has 1 saturated carbocycles. The maximum absolute atomic E-state index is 14.1. The molecule has 3 aromatic rings. The summed E-state index contributed by atoms with van der Waals surface area (Å²) in [6.45, 7) is 2.39. The van der Waals surface area contributed by atoms with Gasteiger partial charge in [-0.3, -0.25) is 4.79 Å². The van der Waals surface area contributed by atoms with Gasteiger partial charge in [-0.25, -0.2) is 14.6 Å². The predicted molar refractivity (Wildman–Crippen MR) is 164 cm³/mol. The standard InChI is InChI=1S/C29H36N4O3.C4H4O4/c1-36-20-29(35)15-9-8-14-25(29)33-21-31-26(27(33)23-12-6-3-7-13-23)28(34)32-17-16-30-19-24(32)18-22-10-4-2-5-11-22;5-3(6)1-2-4(7)8/h2-7,10-13,21,24-25,30,35H,8-9,14-20H2,1H3;1-2H,(H,5,6)(H,7,8)/t24-,25-,29-;/m1./s1. The maximum Gasteiger partial charge on any atom is 0.328 e. The molecule has 11 heteroatoms. The second-order valence-corrected chi connectivity index (χ2v) is 11.1. The van der Waals surface area contributed by atoms with Crippen molar-refractivity contribution in [2.75, 3.05) is 33.4 Å². The van der Waals surface area contributed by atoms with Crippen LogP contribution in [0.3, 0.4) is 0 Å². The molecule has 1 aliphatic carbocycles. The van der Waals surface area contributed by atoms with Gasteiger partial charge in [-0.15, -0.1) is 0 Å². The second-order valence-electron chi connectivity index (χ2n) is 11.1. The van der Waals surface area contributed by atoms with E-state index < -0.39 is 17.5 Å². The largest absolute Gasteiger partial charge is 0.478 e. The molecule has 2 aromatic carbocycles. The summed E-state index contributed by atoms with van der Waals surface area (Å²) in [6, 6.07) is 20.1. The van der Waals surface area contributed by atoms with Gasteiger partial charge in [0.05, 0.1) is 24.7 Å². The summed E-state index contributed by atoms with van der Waals surface area (Å²) in [5.41, 5.74) is 2.37. The first-order valence-corrected chi connectivity index (χ1v) is 14.8. The highest BCUT2D eigenvalue weighted by Gasteiger charge is 2.42. The SMILES string of the molecule is COC[C@]1(O)CCCC[C@H]1n1cnc(C(=O)N2CCNC[C@H]2Cc2ccccc2)c1-c1ccccc1.O=C(O)C=CC(=O)O. The highest BCUT2D eigenvalue weighted by molar-refractivity contribution is 5.98. The van der Waals surface area contributed by atoms with Gasteiger partial charge in [-0.05, 0) is 24.8 Å². The van der Waals surface area contributed by atoms with Crippen molar-refractivity contribution >= 4 is 17.8 Å². The van der Waals surface area contributed by atoms with E-state index in [1.165, 1.54) is 5.56 Å². The lowest BCUT2D eigenvalue weighted by Gasteiger charge is -2.41. The van der Waals surface area contributed by atoms with E-state index in [2.05, 4.69) is 17.4 Å². The van der Waals surface area contributed by atoms with Crippen molar-refractivity contribution in [1.82, 2.24) is 19.8 Å². The van der Waals surface area contributed by atoms with Crippen molar-refractivity contribution in [2.45, 2.75) is 49.8 Å². The van der Waals surface area contributed by atoms with Crippen LogP contribution in [0.1, 0.15) is 47.8 Å². The van der Waals surface area contributed by atoms with Gasteiger partial charge in [0.15, 0.2) is 5.69 Å². The molecule has 11 nitrogen and oxygen atoms in total. The Morgan fingerprint density at radius 3 is 2.32 bits per heavy atom. The topological polar surface area (TPSA) is 154 Å². The number of amides is 1. The Morgan fingerprint density at radius 2 is 1.68 bits per heavy atom. The fourth-order valence-corrected chi connectivity index (χ4v) is 6.03. The Morgan fingerprint density at radius 1 is 1.02 bits per heavy atom. The normalized spacial score (nSPS) is 21.8. The third-order valence-corrected chi connectivity index (χ3v) is 8.02. The number of carbonyl (C=O) groups excluding carboxylic acids is 1. The van der Waals surface area contributed by atoms with Crippen molar-refractivity contribution in [1.29, 1.82) is 0 Å². The van der Waals surface area contributed by atoms with Crippen molar-refractivity contribution in [3.8, 4) is 11.3 Å². The van der Waals surface area contributed by atoms with Gasteiger partial charge in [0.25, 0.3) is 5.91 Å². The number of aliphatic carboxylic acids is 2. The van der Waals surface area contributed by atoms with E-state index in [1.807, 2.05) is 58.0 Å². The van der Waals surface area contributed by atoms with Crippen molar-refractivity contribution in [3.63, 3.8) is 0 Å². The number of nitrogens with zero attached hydrogens (tertiary/aromatic N) is 3. The number of hydrogen-bond donors (Lipinski definition) is 4. The quantitative estimate of drug-likeness (QED) is 0.269. The zero-order valence-corrected chi connectivity index (χ0v) is 24.8. The molecule has 234 valence electrons. The number of carboxylic acids is 2. The average Bonchev–Trinajstić information content (AvgIpc) is 3.46. The van der Waals surface area contributed by atoms with Crippen LogP contribution in [0, 0.1) is 0 Å². The number of nitrogens with one attached hydrogen (secondary N) is 1. The van der Waals surface area contributed by atoms with Crippen molar-refractivity contribution in [2.24, 2.45) is 0 Å². The summed E-state index contributed by atoms with van der Waals surface area (Å²) in [4.78, 5) is 39.9. The second kappa shape index (κ2) is 15.4. The number of carboxylic acid groups (broad SMARTS) is 2. The molecule has 5 rings (SSSR count). The number of hydrogen-bond acceptors (Lipinski definition) is 7. The molecule has 2 fully saturated rings. The van der Waals surface area contributed by atoms with Gasteiger partial charge in [0.1, 0.15) is 5.60 Å². The monoisotopic (exact) mass is 604 g/mol. The van der Waals surface area contributed by atoms with Gasteiger partial charge in [-0.2, -0.15) is 0 Å². The van der Waals surface area contributed by atoms with Crippen molar-refractivity contribution < 1.29 is 34.4 Å². The zero-order chi connectivity index (χ0) is 31.5. The number of aromatic nitrogens is 2. The minimum atomic E-state index is -1.26. The van der Waals surface area contributed by atoms with Crippen LogP contribution >= 0.6 is 0 Å². The Balaban J connectivity index is 0.000000488. The molecule has 44 heavy (non-hydrogen) atoms. The summed E-state index contributed by atoms with van der Waals surface area (Å²) in [5, 5.41) is 30.7. The molecule has 1 amide bonds. The third kappa shape index (κ3) is 8.19. The number of imidazole rings is 1. The lowest BCUT2D eigenvalue weighted by Crippen LogP contribution is -2.54. The number of rotatable bonds is 9. The van der Waals surface area contributed by atoms with Gasteiger partial charge in [-0.1, -0.05) is 73.5 Å². The van der Waals surface area contributed by atoms with Crippen LogP contribution in [0.4, 0.5) is 0 Å². The number of benzene rings is 2. The molecule has 2 aliphatic rings. The van der Waals surface area contributed by atoms with Crippen LogP contribution < -0.4 is 5.32 Å². The number of aliphatic hydroxyl groups is 1. The van der Waals surface area contributed by atoms with Crippen LogP contribution in [0.5, 0.6) is 0 Å². The van der Waals surface area contributed by atoms with E-state index in [0.29, 0.717) is 30.8 Å². The smallest absolute Gasteiger partial charge is 0.328 e. The van der Waals surface area contributed by atoms with Gasteiger partial charge in [0, 0.05) is 50.5 Å². The molecule has 1 aromatic heterocycles.